The second kappa shape index (κ2) is 6.16. The zero-order valence-corrected chi connectivity index (χ0v) is 14.2. The lowest BCUT2D eigenvalue weighted by Gasteiger charge is -2.42. The highest BCUT2D eigenvalue weighted by Crippen LogP contribution is 2.25. The Labute approximate surface area is 137 Å². The summed E-state index contributed by atoms with van der Waals surface area (Å²) in [6.07, 6.45) is 0. The molecular weight excluding hydrogens is 288 g/mol. The molecule has 1 aromatic carbocycles. The molecule has 122 valence electrons. The van der Waals surface area contributed by atoms with Crippen molar-refractivity contribution < 1.29 is 4.79 Å². The highest BCUT2D eigenvalue weighted by molar-refractivity contribution is 5.94. The average Bonchev–Trinajstić information content (AvgIpc) is 2.76. The van der Waals surface area contributed by atoms with Gasteiger partial charge in [0.2, 0.25) is 5.91 Å². The number of aromatic nitrogens is 2. The Kier molecular flexibility index (Phi) is 4.22. The third kappa shape index (κ3) is 3.29. The van der Waals surface area contributed by atoms with Gasteiger partial charge < -0.3 is 5.32 Å². The first kappa shape index (κ1) is 15.7. The van der Waals surface area contributed by atoms with Crippen LogP contribution in [0.15, 0.2) is 30.3 Å². The van der Waals surface area contributed by atoms with Crippen molar-refractivity contribution >= 4 is 11.6 Å². The van der Waals surface area contributed by atoms with Gasteiger partial charge in [0.1, 0.15) is 0 Å². The first-order valence-corrected chi connectivity index (χ1v) is 8.08. The Balaban J connectivity index is 1.57. The summed E-state index contributed by atoms with van der Waals surface area (Å²) < 4.78 is 2.08. The van der Waals surface area contributed by atoms with Crippen LogP contribution in [0, 0.1) is 20.8 Å². The highest BCUT2D eigenvalue weighted by atomic mass is 16.2. The minimum Gasteiger partial charge on any atom is -0.325 e. The fourth-order valence-corrected chi connectivity index (χ4v) is 3.11. The van der Waals surface area contributed by atoms with Gasteiger partial charge in [-0.1, -0.05) is 12.1 Å². The van der Waals surface area contributed by atoms with Gasteiger partial charge in [-0.3, -0.25) is 14.4 Å². The van der Waals surface area contributed by atoms with E-state index in [4.69, 9.17) is 0 Å². The number of hydrogen-bond acceptors (Lipinski definition) is 3. The molecule has 1 N–H and O–H groups in total. The van der Waals surface area contributed by atoms with E-state index in [0.717, 1.165) is 30.0 Å². The Morgan fingerprint density at radius 3 is 2.61 bits per heavy atom. The SMILES string of the molecule is Cc1cccc(NC(=O)[C@H](C)N2CC(n3nc(C)cc3C)C2)c1. The third-order valence-corrected chi connectivity index (χ3v) is 4.49. The van der Waals surface area contributed by atoms with Gasteiger partial charge in [-0.05, 0) is 51.5 Å². The van der Waals surface area contributed by atoms with Crippen LogP contribution >= 0.6 is 0 Å². The molecule has 0 bridgehead atoms. The van der Waals surface area contributed by atoms with E-state index in [9.17, 15) is 4.79 Å². The monoisotopic (exact) mass is 312 g/mol. The number of likely N-dealkylation sites (tertiary alicyclic amines) is 1. The average molecular weight is 312 g/mol. The van der Waals surface area contributed by atoms with E-state index in [1.165, 1.54) is 5.69 Å². The molecule has 1 aliphatic rings. The number of nitrogens with one attached hydrogen (secondary N) is 1. The number of nitrogens with zero attached hydrogens (tertiary/aromatic N) is 3. The van der Waals surface area contributed by atoms with Gasteiger partial charge in [-0.2, -0.15) is 5.10 Å². The van der Waals surface area contributed by atoms with E-state index in [1.807, 2.05) is 45.0 Å². The van der Waals surface area contributed by atoms with Gasteiger partial charge in [0, 0.05) is 24.5 Å². The quantitative estimate of drug-likeness (QED) is 0.944. The zero-order chi connectivity index (χ0) is 16.6. The van der Waals surface area contributed by atoms with Gasteiger partial charge in [-0.15, -0.1) is 0 Å². The van der Waals surface area contributed by atoms with Gasteiger partial charge in [-0.25, -0.2) is 0 Å². The number of anilines is 1. The maximum atomic E-state index is 12.4. The Morgan fingerprint density at radius 1 is 1.26 bits per heavy atom. The van der Waals surface area contributed by atoms with Crippen LogP contribution in [0.5, 0.6) is 0 Å². The fraction of sp³-hybridized carbons (Fsp3) is 0.444. The van der Waals surface area contributed by atoms with Crippen LogP contribution in [0.1, 0.15) is 29.9 Å². The van der Waals surface area contributed by atoms with Crippen LogP contribution in [-0.2, 0) is 4.79 Å². The van der Waals surface area contributed by atoms with E-state index in [0.29, 0.717) is 6.04 Å². The van der Waals surface area contributed by atoms with Crippen molar-refractivity contribution in [1.82, 2.24) is 14.7 Å². The van der Waals surface area contributed by atoms with Crippen LogP contribution in [-0.4, -0.2) is 39.7 Å². The summed E-state index contributed by atoms with van der Waals surface area (Å²) in [5.74, 6) is 0.0439. The predicted molar refractivity (Wildman–Crippen MR) is 91.6 cm³/mol. The van der Waals surface area contributed by atoms with E-state index in [1.54, 1.807) is 0 Å². The summed E-state index contributed by atoms with van der Waals surface area (Å²) in [5.41, 5.74) is 4.23. The lowest BCUT2D eigenvalue weighted by Crippen LogP contribution is -2.55. The molecule has 1 fully saturated rings. The lowest BCUT2D eigenvalue weighted by atomic mass is 10.1. The van der Waals surface area contributed by atoms with Crippen molar-refractivity contribution in [2.45, 2.75) is 39.8 Å². The van der Waals surface area contributed by atoms with Gasteiger partial charge >= 0.3 is 0 Å². The second-order valence-corrected chi connectivity index (χ2v) is 6.51. The fourth-order valence-electron chi connectivity index (χ4n) is 3.11. The smallest absolute Gasteiger partial charge is 0.241 e. The van der Waals surface area contributed by atoms with Crippen LogP contribution in [0.4, 0.5) is 5.69 Å². The molecule has 0 radical (unpaired) electrons. The Hall–Kier alpha value is -2.14. The van der Waals surface area contributed by atoms with Crippen molar-refractivity contribution in [2.24, 2.45) is 0 Å². The molecule has 1 amide bonds. The molecule has 0 spiro atoms. The molecular formula is C18H24N4O. The topological polar surface area (TPSA) is 50.2 Å². The number of hydrogen-bond donors (Lipinski definition) is 1. The van der Waals surface area contributed by atoms with Gasteiger partial charge in [0.25, 0.3) is 0 Å². The lowest BCUT2D eigenvalue weighted by molar-refractivity contribution is -0.123. The molecule has 0 saturated carbocycles. The molecule has 1 saturated heterocycles. The second-order valence-electron chi connectivity index (χ2n) is 6.51. The molecule has 0 unspecified atom stereocenters. The summed E-state index contributed by atoms with van der Waals surface area (Å²) in [7, 11) is 0. The number of carbonyl (C=O) groups is 1. The van der Waals surface area contributed by atoms with E-state index in [-0.39, 0.29) is 11.9 Å². The summed E-state index contributed by atoms with van der Waals surface area (Å²) in [6.45, 7) is 9.80. The van der Waals surface area contributed by atoms with Crippen LogP contribution in [0.25, 0.3) is 0 Å². The molecule has 1 aromatic heterocycles. The van der Waals surface area contributed by atoms with E-state index in [2.05, 4.69) is 33.0 Å². The summed E-state index contributed by atoms with van der Waals surface area (Å²) in [5, 5.41) is 7.54. The number of rotatable bonds is 4. The van der Waals surface area contributed by atoms with Crippen LogP contribution in [0.2, 0.25) is 0 Å². The maximum Gasteiger partial charge on any atom is 0.241 e. The van der Waals surface area contributed by atoms with Crippen LogP contribution < -0.4 is 5.32 Å². The molecule has 2 heterocycles. The van der Waals surface area contributed by atoms with Gasteiger partial charge in [0.05, 0.1) is 17.8 Å². The van der Waals surface area contributed by atoms with Crippen LogP contribution in [0.3, 0.4) is 0 Å². The first-order chi connectivity index (χ1) is 10.9. The molecule has 5 nitrogen and oxygen atoms in total. The maximum absolute atomic E-state index is 12.4. The van der Waals surface area contributed by atoms with Crippen molar-refractivity contribution in [3.8, 4) is 0 Å². The first-order valence-electron chi connectivity index (χ1n) is 8.08. The number of carbonyl (C=O) groups excluding carboxylic acids is 1. The predicted octanol–water partition coefficient (Wildman–Crippen LogP) is 2.69. The summed E-state index contributed by atoms with van der Waals surface area (Å²) >= 11 is 0. The van der Waals surface area contributed by atoms with Gasteiger partial charge in [0.15, 0.2) is 0 Å². The number of amides is 1. The van der Waals surface area contributed by atoms with Crippen molar-refractivity contribution in [2.75, 3.05) is 18.4 Å². The third-order valence-electron chi connectivity index (χ3n) is 4.49. The molecule has 1 aliphatic heterocycles. The normalized spacial score (nSPS) is 16.9. The summed E-state index contributed by atoms with van der Waals surface area (Å²) in [6, 6.07) is 10.2. The molecule has 2 aromatic rings. The van der Waals surface area contributed by atoms with E-state index >= 15 is 0 Å². The molecule has 1 atom stereocenters. The standard InChI is InChI=1S/C18H24N4O/c1-12-6-5-7-16(8-12)19-18(23)15(4)21-10-17(11-21)22-14(3)9-13(2)20-22/h5-9,15,17H,10-11H2,1-4H3,(H,19,23)/t15-/m0/s1. The molecule has 3 rings (SSSR count). The minimum atomic E-state index is -0.135. The molecule has 0 aliphatic carbocycles. The molecule has 5 heteroatoms. The van der Waals surface area contributed by atoms with Crippen molar-refractivity contribution in [1.29, 1.82) is 0 Å². The zero-order valence-electron chi connectivity index (χ0n) is 14.2. The van der Waals surface area contributed by atoms with Crippen molar-refractivity contribution in [3.63, 3.8) is 0 Å². The largest absolute Gasteiger partial charge is 0.325 e. The van der Waals surface area contributed by atoms with E-state index < -0.39 is 0 Å². The Morgan fingerprint density at radius 2 is 2.00 bits per heavy atom. The summed E-state index contributed by atoms with van der Waals surface area (Å²) in [4.78, 5) is 14.6. The molecule has 23 heavy (non-hydrogen) atoms. The number of benzene rings is 1. The Bertz CT molecular complexity index is 716. The minimum absolute atomic E-state index is 0.0439. The van der Waals surface area contributed by atoms with Crippen molar-refractivity contribution in [3.05, 3.63) is 47.3 Å². The highest BCUT2D eigenvalue weighted by Gasteiger charge is 2.35. The number of aryl methyl sites for hydroxylation is 3.